The predicted octanol–water partition coefficient (Wildman–Crippen LogP) is 5.16. The van der Waals surface area contributed by atoms with Gasteiger partial charge in [0.2, 0.25) is 0 Å². The van der Waals surface area contributed by atoms with Crippen molar-refractivity contribution >= 4 is 0 Å². The van der Waals surface area contributed by atoms with Gasteiger partial charge in [0.05, 0.1) is 11.6 Å². The maximum atomic E-state index is 4.91. The van der Waals surface area contributed by atoms with Crippen LogP contribution in [0, 0.1) is 12.1 Å². The second kappa shape index (κ2) is 7.76. The second-order valence-corrected chi connectivity index (χ2v) is 8.74. The summed E-state index contributed by atoms with van der Waals surface area (Å²) in [6.07, 6.45) is 3.63. The topological polar surface area (TPSA) is 51.6 Å². The van der Waals surface area contributed by atoms with Crippen LogP contribution in [0.15, 0.2) is 60.9 Å². The molecule has 5 heteroatoms. The quantitative estimate of drug-likeness (QED) is 0.268. The van der Waals surface area contributed by atoms with E-state index in [2.05, 4.69) is 61.9 Å². The minimum atomic E-state index is -0.409. The van der Waals surface area contributed by atoms with E-state index < -0.39 is 5.41 Å². The molecule has 2 aromatic heterocycles. The van der Waals surface area contributed by atoms with Gasteiger partial charge in [-0.15, -0.1) is 70.8 Å². The minimum Gasteiger partial charge on any atom is -0.285 e. The van der Waals surface area contributed by atoms with Gasteiger partial charge in [-0.2, -0.15) is 0 Å². The molecule has 0 saturated heterocycles. The van der Waals surface area contributed by atoms with Gasteiger partial charge in [0, 0.05) is 29.2 Å². The largest absolute Gasteiger partial charge is 2.00 e. The molecular weight excluding hydrogens is 563 g/mol. The van der Waals surface area contributed by atoms with E-state index in [0.29, 0.717) is 11.6 Å². The Kier molecular flexibility index (Phi) is 5.39. The van der Waals surface area contributed by atoms with Gasteiger partial charge in [0.15, 0.2) is 0 Å². The third-order valence-corrected chi connectivity index (χ3v) is 6.01. The van der Waals surface area contributed by atoms with E-state index in [0.717, 1.165) is 33.6 Å². The molecule has 8 bridgehead atoms. The summed E-state index contributed by atoms with van der Waals surface area (Å²) in [5.41, 5.74) is 5.00. The van der Waals surface area contributed by atoms with Crippen molar-refractivity contribution in [2.24, 2.45) is 0 Å². The van der Waals surface area contributed by atoms with E-state index in [4.69, 9.17) is 9.97 Å². The average molecular weight is 586 g/mol. The van der Waals surface area contributed by atoms with Gasteiger partial charge in [0.1, 0.15) is 0 Å². The molecule has 0 amide bonds. The zero-order valence-corrected chi connectivity index (χ0v) is 20.2. The average Bonchev–Trinajstić information content (AvgIpc) is 2.79. The smallest absolute Gasteiger partial charge is 0.285 e. The van der Waals surface area contributed by atoms with Crippen LogP contribution in [0.4, 0.5) is 0 Å². The van der Waals surface area contributed by atoms with Gasteiger partial charge < -0.3 is 0 Å². The molecule has 0 spiro atoms. The van der Waals surface area contributed by atoms with Crippen LogP contribution < -0.4 is 0 Å². The Balaban J connectivity index is 0.00000231. The number of hydrogen-bond acceptors (Lipinski definition) is 4. The molecule has 0 saturated carbocycles. The van der Waals surface area contributed by atoms with Crippen molar-refractivity contribution in [2.75, 3.05) is 0 Å². The summed E-state index contributed by atoms with van der Waals surface area (Å²) in [7, 11) is 0. The Morgan fingerprint density at radius 1 is 0.613 bits per heavy atom. The molecule has 0 unspecified atom stereocenters. The molecule has 0 aliphatic carbocycles. The molecule has 31 heavy (non-hydrogen) atoms. The number of rotatable bonds is 0. The predicted molar refractivity (Wildman–Crippen MR) is 117 cm³/mol. The Labute approximate surface area is 197 Å². The van der Waals surface area contributed by atoms with E-state index in [9.17, 15) is 0 Å². The number of hydrogen-bond donors (Lipinski definition) is 0. The van der Waals surface area contributed by atoms with Crippen LogP contribution in [-0.4, -0.2) is 19.9 Å². The first kappa shape index (κ1) is 21.5. The van der Waals surface area contributed by atoms with E-state index in [-0.39, 0.29) is 26.5 Å². The monoisotopic (exact) mass is 585 g/mol. The number of fused-ring (bicyclic) bond motifs is 10. The Hall–Kier alpha value is -2.71. The molecule has 4 nitrogen and oxygen atoms in total. The maximum Gasteiger partial charge on any atom is 2.00 e. The Morgan fingerprint density at radius 2 is 1.06 bits per heavy atom. The van der Waals surface area contributed by atoms with E-state index >= 15 is 0 Å². The molecule has 2 aromatic carbocycles. The fourth-order valence-corrected chi connectivity index (χ4v) is 3.88. The normalized spacial score (nSPS) is 15.4. The fourth-order valence-electron chi connectivity index (χ4n) is 3.88. The summed E-state index contributed by atoms with van der Waals surface area (Å²) in [4.78, 5) is 18.9. The molecule has 5 rings (SSSR count). The SMILES string of the molecule is CC1(C)c2[c-]c(ccc2)-c2nccc(n2)C(C)(C)c2ccnc(n2)-c2[c-]c1ccc2.[Pt+2]. The van der Waals surface area contributed by atoms with Gasteiger partial charge in [0.25, 0.3) is 0 Å². The van der Waals surface area contributed by atoms with Crippen LogP contribution in [0.5, 0.6) is 0 Å². The third kappa shape index (κ3) is 3.63. The van der Waals surface area contributed by atoms with Gasteiger partial charge in [-0.05, 0) is 31.4 Å². The molecule has 1 aliphatic heterocycles. The molecule has 156 valence electrons. The minimum absolute atomic E-state index is 0. The molecule has 4 aromatic rings. The number of nitrogens with zero attached hydrogens (tertiary/aromatic N) is 4. The summed E-state index contributed by atoms with van der Waals surface area (Å²) in [5.74, 6) is 1.34. The van der Waals surface area contributed by atoms with Gasteiger partial charge in [-0.3, -0.25) is 19.9 Å². The molecule has 1 aliphatic rings. The number of benzene rings is 2. The first-order chi connectivity index (χ1) is 14.4. The first-order valence-corrected chi connectivity index (χ1v) is 10.1. The van der Waals surface area contributed by atoms with Crippen molar-refractivity contribution in [2.45, 2.75) is 38.5 Å². The van der Waals surface area contributed by atoms with Crippen LogP contribution in [0.25, 0.3) is 22.8 Å². The van der Waals surface area contributed by atoms with Crippen LogP contribution in [0.3, 0.4) is 0 Å². The molecule has 0 N–H and O–H groups in total. The number of aromatic nitrogens is 4. The zero-order chi connectivity index (χ0) is 20.9. The first-order valence-electron chi connectivity index (χ1n) is 10.1. The summed E-state index contributed by atoms with van der Waals surface area (Å²) in [5, 5.41) is 0. The van der Waals surface area contributed by atoms with Gasteiger partial charge in [-0.25, -0.2) is 0 Å². The summed E-state index contributed by atoms with van der Waals surface area (Å²) in [6, 6.07) is 23.4. The Bertz CT molecular complexity index is 1070. The van der Waals surface area contributed by atoms with E-state index in [1.165, 1.54) is 0 Å². The molecule has 0 radical (unpaired) electrons. The summed E-state index contributed by atoms with van der Waals surface area (Å²) in [6.45, 7) is 8.62. The molecule has 0 atom stereocenters. The van der Waals surface area contributed by atoms with Crippen molar-refractivity contribution in [3.8, 4) is 22.8 Å². The molecule has 0 fully saturated rings. The van der Waals surface area contributed by atoms with Crippen LogP contribution >= 0.6 is 0 Å². The fraction of sp³-hybridized carbons (Fsp3) is 0.231. The van der Waals surface area contributed by atoms with Crippen molar-refractivity contribution in [1.82, 2.24) is 19.9 Å². The van der Waals surface area contributed by atoms with Crippen LogP contribution in [0.2, 0.25) is 0 Å². The second-order valence-electron chi connectivity index (χ2n) is 8.74. The van der Waals surface area contributed by atoms with Crippen molar-refractivity contribution in [3.63, 3.8) is 0 Å². The summed E-state index contributed by atoms with van der Waals surface area (Å²) >= 11 is 0. The summed E-state index contributed by atoms with van der Waals surface area (Å²) < 4.78 is 0. The van der Waals surface area contributed by atoms with Gasteiger partial charge in [-0.1, -0.05) is 13.8 Å². The van der Waals surface area contributed by atoms with Crippen molar-refractivity contribution < 1.29 is 21.1 Å². The van der Waals surface area contributed by atoms with E-state index in [1.54, 1.807) is 0 Å². The molecule has 3 heterocycles. The van der Waals surface area contributed by atoms with Crippen molar-refractivity contribution in [3.05, 3.63) is 95.6 Å². The standard InChI is InChI=1S/C26H22N4.Pt/c1-25(2)19-9-5-7-17(15-19)23-27-13-11-21(29-23)26(3,4)22-12-14-28-24(30-22)18-8-6-10-20(25)16-18;/h5-14H,1-4H3;/q-2;+2. The van der Waals surface area contributed by atoms with Crippen LogP contribution in [-0.2, 0) is 31.9 Å². The Morgan fingerprint density at radius 3 is 1.52 bits per heavy atom. The maximum absolute atomic E-state index is 4.91. The van der Waals surface area contributed by atoms with Gasteiger partial charge >= 0.3 is 21.1 Å². The zero-order valence-electron chi connectivity index (χ0n) is 17.9. The third-order valence-electron chi connectivity index (χ3n) is 6.01. The van der Waals surface area contributed by atoms with E-state index in [1.807, 2.05) is 48.8 Å². The molecular formula is C26H22N4Pt. The van der Waals surface area contributed by atoms with Crippen molar-refractivity contribution in [1.29, 1.82) is 0 Å². The van der Waals surface area contributed by atoms with Crippen LogP contribution in [0.1, 0.15) is 50.2 Å².